The molecule has 0 radical (unpaired) electrons. The largest absolute Gasteiger partial charge is 0.481 e. The van der Waals surface area contributed by atoms with Crippen LogP contribution in [0.4, 0.5) is 5.69 Å². The van der Waals surface area contributed by atoms with Gasteiger partial charge in [-0.15, -0.1) is 0 Å². The second-order valence-electron chi connectivity index (χ2n) is 5.34. The highest BCUT2D eigenvalue weighted by Gasteiger charge is 2.18. The lowest BCUT2D eigenvalue weighted by atomic mass is 10.1. The standard InChI is InChI=1S/C19H19NO6/c1-12(26-16-7-5-4-6-8-16)17(21)20-15-10-13(18(22)24-2)9-14(11-15)19(23)25-3/h4-12H,1-3H3,(H,20,21)/t12-/m1/s1. The van der Waals surface area contributed by atoms with Crippen LogP contribution in [-0.2, 0) is 14.3 Å². The summed E-state index contributed by atoms with van der Waals surface area (Å²) in [6, 6.07) is 13.0. The first kappa shape index (κ1) is 19.0. The summed E-state index contributed by atoms with van der Waals surface area (Å²) >= 11 is 0. The zero-order valence-corrected chi connectivity index (χ0v) is 14.6. The predicted octanol–water partition coefficient (Wildman–Crippen LogP) is 2.67. The first-order valence-electron chi connectivity index (χ1n) is 7.79. The molecule has 1 atom stereocenters. The number of esters is 2. The second-order valence-corrected chi connectivity index (χ2v) is 5.34. The van der Waals surface area contributed by atoms with E-state index in [-0.39, 0.29) is 16.8 Å². The first-order valence-corrected chi connectivity index (χ1v) is 7.79. The van der Waals surface area contributed by atoms with Gasteiger partial charge in [0.25, 0.3) is 5.91 Å². The molecule has 0 heterocycles. The van der Waals surface area contributed by atoms with E-state index in [0.29, 0.717) is 5.75 Å². The van der Waals surface area contributed by atoms with Gasteiger partial charge in [0.1, 0.15) is 5.75 Å². The summed E-state index contributed by atoms with van der Waals surface area (Å²) in [5.41, 5.74) is 0.478. The molecule has 7 nitrogen and oxygen atoms in total. The van der Waals surface area contributed by atoms with Crippen molar-refractivity contribution in [2.24, 2.45) is 0 Å². The van der Waals surface area contributed by atoms with Crippen molar-refractivity contribution in [3.8, 4) is 5.75 Å². The summed E-state index contributed by atoms with van der Waals surface area (Å²) in [5.74, 6) is -1.17. The topological polar surface area (TPSA) is 90.9 Å². The zero-order valence-electron chi connectivity index (χ0n) is 14.6. The fourth-order valence-corrected chi connectivity index (χ4v) is 2.17. The van der Waals surface area contributed by atoms with Crippen LogP contribution in [0.5, 0.6) is 5.75 Å². The Morgan fingerprint density at radius 2 is 1.42 bits per heavy atom. The number of hydrogen-bond acceptors (Lipinski definition) is 6. The van der Waals surface area contributed by atoms with E-state index in [1.807, 2.05) is 6.07 Å². The second kappa shape index (κ2) is 8.66. The molecule has 0 saturated heterocycles. The molecule has 0 bridgehead atoms. The summed E-state index contributed by atoms with van der Waals surface area (Å²) in [4.78, 5) is 35.9. The average Bonchev–Trinajstić information content (AvgIpc) is 2.67. The van der Waals surface area contributed by atoms with Gasteiger partial charge in [0.2, 0.25) is 0 Å². The van der Waals surface area contributed by atoms with Crippen LogP contribution >= 0.6 is 0 Å². The van der Waals surface area contributed by atoms with Gasteiger partial charge in [0.05, 0.1) is 25.3 Å². The molecule has 26 heavy (non-hydrogen) atoms. The van der Waals surface area contributed by atoms with Crippen LogP contribution in [0.2, 0.25) is 0 Å². The maximum atomic E-state index is 12.3. The molecule has 7 heteroatoms. The SMILES string of the molecule is COC(=O)c1cc(NC(=O)[C@@H](C)Oc2ccccc2)cc(C(=O)OC)c1. The molecule has 0 spiro atoms. The smallest absolute Gasteiger partial charge is 0.337 e. The predicted molar refractivity (Wildman–Crippen MR) is 94.3 cm³/mol. The lowest BCUT2D eigenvalue weighted by Crippen LogP contribution is -2.30. The van der Waals surface area contributed by atoms with Gasteiger partial charge in [-0.3, -0.25) is 4.79 Å². The number of hydrogen-bond donors (Lipinski definition) is 1. The number of carbonyl (C=O) groups excluding carboxylic acids is 3. The normalized spacial score (nSPS) is 11.2. The molecule has 0 aliphatic heterocycles. The molecule has 0 unspecified atom stereocenters. The molecule has 2 aromatic rings. The summed E-state index contributed by atoms with van der Waals surface area (Å²) in [6.45, 7) is 1.59. The maximum Gasteiger partial charge on any atom is 0.337 e. The zero-order chi connectivity index (χ0) is 19.1. The molecular weight excluding hydrogens is 338 g/mol. The highest BCUT2D eigenvalue weighted by atomic mass is 16.5. The summed E-state index contributed by atoms with van der Waals surface area (Å²) < 4.78 is 14.9. The number of nitrogens with one attached hydrogen (secondary N) is 1. The molecule has 2 rings (SSSR count). The molecule has 0 aliphatic carbocycles. The van der Waals surface area contributed by atoms with Gasteiger partial charge >= 0.3 is 11.9 Å². The lowest BCUT2D eigenvalue weighted by Gasteiger charge is -2.15. The Balaban J connectivity index is 2.19. The van der Waals surface area contributed by atoms with Crippen LogP contribution < -0.4 is 10.1 Å². The summed E-state index contributed by atoms with van der Waals surface area (Å²) in [6.07, 6.45) is -0.791. The van der Waals surface area contributed by atoms with Gasteiger partial charge in [-0.1, -0.05) is 18.2 Å². The number of rotatable bonds is 6. The molecule has 0 aliphatic rings. The quantitative estimate of drug-likeness (QED) is 0.799. The van der Waals surface area contributed by atoms with Crippen LogP contribution in [0, 0.1) is 0 Å². The number of ether oxygens (including phenoxy) is 3. The van der Waals surface area contributed by atoms with Gasteiger partial charge in [-0.2, -0.15) is 0 Å². The highest BCUT2D eigenvalue weighted by Crippen LogP contribution is 2.18. The molecule has 1 amide bonds. The fourth-order valence-electron chi connectivity index (χ4n) is 2.17. The van der Waals surface area contributed by atoms with Crippen LogP contribution in [0.3, 0.4) is 0 Å². The van der Waals surface area contributed by atoms with E-state index in [4.69, 9.17) is 4.74 Å². The minimum Gasteiger partial charge on any atom is -0.481 e. The minimum atomic E-state index is -0.791. The Labute approximate surface area is 150 Å². The van der Waals surface area contributed by atoms with E-state index < -0.39 is 23.9 Å². The van der Waals surface area contributed by atoms with E-state index in [2.05, 4.69) is 14.8 Å². The van der Waals surface area contributed by atoms with E-state index in [1.54, 1.807) is 31.2 Å². The Morgan fingerprint density at radius 1 is 0.885 bits per heavy atom. The number of carbonyl (C=O) groups is 3. The lowest BCUT2D eigenvalue weighted by molar-refractivity contribution is -0.122. The Kier molecular flexibility index (Phi) is 6.32. The van der Waals surface area contributed by atoms with Crippen LogP contribution in [0.1, 0.15) is 27.6 Å². The molecule has 1 N–H and O–H groups in total. The summed E-state index contributed by atoms with van der Waals surface area (Å²) in [5, 5.41) is 2.62. The monoisotopic (exact) mass is 357 g/mol. The number of benzene rings is 2. The molecule has 0 aromatic heterocycles. The molecular formula is C19H19NO6. The van der Waals surface area contributed by atoms with Crippen molar-refractivity contribution >= 4 is 23.5 Å². The minimum absolute atomic E-state index is 0.113. The van der Waals surface area contributed by atoms with Crippen molar-refractivity contribution in [3.63, 3.8) is 0 Å². The maximum absolute atomic E-state index is 12.3. The Bertz CT molecular complexity index is 769. The van der Waals surface area contributed by atoms with E-state index >= 15 is 0 Å². The third kappa shape index (κ3) is 4.83. The van der Waals surface area contributed by atoms with E-state index in [0.717, 1.165) is 0 Å². The van der Waals surface area contributed by atoms with Gasteiger partial charge < -0.3 is 19.5 Å². The van der Waals surface area contributed by atoms with Crippen molar-refractivity contribution in [2.45, 2.75) is 13.0 Å². The van der Waals surface area contributed by atoms with E-state index in [1.165, 1.54) is 32.4 Å². The Morgan fingerprint density at radius 3 is 1.92 bits per heavy atom. The third-order valence-electron chi connectivity index (χ3n) is 3.47. The Hall–Kier alpha value is -3.35. The fraction of sp³-hybridized carbons (Fsp3) is 0.211. The number of para-hydroxylation sites is 1. The van der Waals surface area contributed by atoms with Gasteiger partial charge in [-0.05, 0) is 37.3 Å². The average molecular weight is 357 g/mol. The van der Waals surface area contributed by atoms with Crippen LogP contribution in [-0.4, -0.2) is 38.2 Å². The highest BCUT2D eigenvalue weighted by molar-refractivity contribution is 6.00. The molecule has 136 valence electrons. The van der Waals surface area contributed by atoms with E-state index in [9.17, 15) is 14.4 Å². The van der Waals surface area contributed by atoms with Crippen molar-refractivity contribution in [3.05, 3.63) is 59.7 Å². The first-order chi connectivity index (χ1) is 12.4. The summed E-state index contributed by atoms with van der Waals surface area (Å²) in [7, 11) is 2.45. The third-order valence-corrected chi connectivity index (χ3v) is 3.47. The van der Waals surface area contributed by atoms with Crippen molar-refractivity contribution < 1.29 is 28.6 Å². The van der Waals surface area contributed by atoms with Crippen LogP contribution in [0.15, 0.2) is 48.5 Å². The van der Waals surface area contributed by atoms with Gasteiger partial charge in [0.15, 0.2) is 6.10 Å². The van der Waals surface area contributed by atoms with Crippen molar-refractivity contribution in [1.82, 2.24) is 0 Å². The molecule has 0 fully saturated rings. The number of anilines is 1. The van der Waals surface area contributed by atoms with Gasteiger partial charge in [0, 0.05) is 5.69 Å². The van der Waals surface area contributed by atoms with Gasteiger partial charge in [-0.25, -0.2) is 9.59 Å². The van der Waals surface area contributed by atoms with Crippen molar-refractivity contribution in [2.75, 3.05) is 19.5 Å². The number of methoxy groups -OCH3 is 2. The van der Waals surface area contributed by atoms with Crippen LogP contribution in [0.25, 0.3) is 0 Å². The molecule has 0 saturated carbocycles. The number of amides is 1. The molecule has 2 aromatic carbocycles. The van der Waals surface area contributed by atoms with Crippen molar-refractivity contribution in [1.29, 1.82) is 0 Å².